The summed E-state index contributed by atoms with van der Waals surface area (Å²) in [7, 11) is -2.16. The standard InChI is InChI=1S/C42H48ClIN6O3S/c1-28(2)22-35(49(4)54(52,53)36-12-7-30(8-13-36)27-50-29(3)48-38-26-45-21-17-39(38)50)25-47-40(51)24-44-18-15-31(16-19-44)41-37-14-11-34(43)23-33(37)10-9-32-6-5-20-46-42(32)41/h5-8,11-14,17,20-21,23,26,28,35H,9-10,15-16,18-19,22,24-25,27H2,1-4H3,(H,47,51)/t35-/m0/s1. The number of halogens is 2. The van der Waals surface area contributed by atoms with E-state index in [0.717, 1.165) is 67.7 Å². The summed E-state index contributed by atoms with van der Waals surface area (Å²) in [5.74, 6) is 1.16. The number of hydrogen-bond acceptors (Lipinski definition) is 6. The van der Waals surface area contributed by atoms with Gasteiger partial charge in [-0.1, -0.05) is 0 Å². The maximum absolute atomic E-state index is 13.9. The van der Waals surface area contributed by atoms with Crippen LogP contribution in [0.5, 0.6) is 0 Å². The normalized spacial score (nSPS) is 16.0. The molecule has 0 radical (unpaired) electrons. The predicted molar refractivity (Wildman–Crippen MR) is 226 cm³/mol. The van der Waals surface area contributed by atoms with Crippen molar-refractivity contribution in [2.24, 2.45) is 5.92 Å². The van der Waals surface area contributed by atoms with Gasteiger partial charge in [-0.05, 0) is 13.0 Å². The molecule has 1 aliphatic carbocycles. The van der Waals surface area contributed by atoms with Crippen LogP contribution in [0.3, 0.4) is 0 Å². The quantitative estimate of drug-likeness (QED) is 0.107. The molecule has 1 amide bonds. The summed E-state index contributed by atoms with van der Waals surface area (Å²) in [6, 6.07) is 19.1. The second kappa shape index (κ2) is 16.6. The summed E-state index contributed by atoms with van der Waals surface area (Å²) < 4.78 is 34.1. The Morgan fingerprint density at radius 3 is 2.52 bits per heavy atom. The van der Waals surface area contributed by atoms with Crippen LogP contribution in [-0.2, 0) is 34.2 Å². The van der Waals surface area contributed by atoms with E-state index in [1.165, 1.54) is 32.1 Å². The molecule has 9 nitrogen and oxygen atoms in total. The topological polar surface area (TPSA) is 110 Å². The van der Waals surface area contributed by atoms with Crippen LogP contribution >= 0.6 is 31.4 Å². The van der Waals surface area contributed by atoms with Gasteiger partial charge in [-0.3, -0.25) is 4.98 Å². The third kappa shape index (κ3) is 8.44. The van der Waals surface area contributed by atoms with Crippen molar-refractivity contribution < 1.29 is 13.2 Å². The number of nitrogens with zero attached hydrogens (tertiary/aromatic N) is 5. The molecular weight excluding hydrogens is 831 g/mol. The van der Waals surface area contributed by atoms with Crippen molar-refractivity contribution in [3.8, 4) is 0 Å². The zero-order valence-corrected chi connectivity index (χ0v) is 35.1. The van der Waals surface area contributed by atoms with E-state index in [2.05, 4.69) is 51.9 Å². The third-order valence-electron chi connectivity index (χ3n) is 10.6. The SMILES string of the molecule is Cc1nc2cnccc2n1Cc1ccc(S(=O)(=O)N(C)[C@H](CNC(=O)CI2CCC(=C3c4ccc(Cl)cc4CCc4cccnc43)CC2)CC(C)C)cc1. The molecule has 2 aromatic carbocycles. The number of nitrogens with one attached hydrogen (secondary N) is 1. The number of aromatic nitrogens is 4. The number of amides is 1. The first-order chi connectivity index (χ1) is 26.0. The van der Waals surface area contributed by atoms with E-state index in [0.29, 0.717) is 17.4 Å². The Labute approximate surface area is 331 Å². The Bertz CT molecular complexity index is 2300. The molecule has 7 rings (SSSR count). The molecule has 4 heterocycles. The number of hydrogen-bond donors (Lipinski definition) is 1. The van der Waals surface area contributed by atoms with E-state index < -0.39 is 29.8 Å². The van der Waals surface area contributed by atoms with Crippen LogP contribution in [0.1, 0.15) is 66.9 Å². The Balaban J connectivity index is 0.983. The Morgan fingerprint density at radius 2 is 1.76 bits per heavy atom. The second-order valence-electron chi connectivity index (χ2n) is 14.7. The van der Waals surface area contributed by atoms with E-state index >= 15 is 0 Å². The first kappa shape index (κ1) is 38.6. The second-order valence-corrected chi connectivity index (χ2v) is 23.3. The minimum atomic E-state index is -3.80. The Morgan fingerprint density at radius 1 is 1.00 bits per heavy atom. The first-order valence-electron chi connectivity index (χ1n) is 18.6. The zero-order chi connectivity index (χ0) is 38.0. The maximum atomic E-state index is 13.9. The van der Waals surface area contributed by atoms with E-state index in [1.54, 1.807) is 31.6 Å². The molecule has 3 aromatic heterocycles. The fourth-order valence-electron chi connectivity index (χ4n) is 7.70. The molecule has 1 aliphatic heterocycles. The summed E-state index contributed by atoms with van der Waals surface area (Å²) in [4.78, 5) is 27.3. The molecule has 0 spiro atoms. The van der Waals surface area contributed by atoms with Gasteiger partial charge in [-0.25, -0.2) is 4.98 Å². The molecule has 5 aromatic rings. The average molecular weight is 879 g/mol. The van der Waals surface area contributed by atoms with Crippen molar-refractivity contribution >= 4 is 64.0 Å². The van der Waals surface area contributed by atoms with Crippen LogP contribution in [0.15, 0.2) is 89.7 Å². The number of likely N-dealkylation sites (N-methyl/N-ethyl adjacent to an activating group) is 1. The van der Waals surface area contributed by atoms with Gasteiger partial charge >= 0.3 is 276 Å². The van der Waals surface area contributed by atoms with Crippen molar-refractivity contribution in [2.45, 2.75) is 70.4 Å². The van der Waals surface area contributed by atoms with E-state index in [-0.39, 0.29) is 29.3 Å². The number of imidazole rings is 1. The number of alkyl halides is 3. The van der Waals surface area contributed by atoms with Gasteiger partial charge in [-0.15, -0.1) is 0 Å². The van der Waals surface area contributed by atoms with Crippen molar-refractivity contribution in [2.75, 3.05) is 26.9 Å². The number of benzene rings is 2. The zero-order valence-electron chi connectivity index (χ0n) is 31.4. The van der Waals surface area contributed by atoms with E-state index in [9.17, 15) is 13.2 Å². The number of carbonyl (C=O) groups excluding carboxylic acids is 1. The van der Waals surface area contributed by atoms with Gasteiger partial charge in [0.2, 0.25) is 0 Å². The van der Waals surface area contributed by atoms with Crippen LogP contribution in [0.2, 0.25) is 5.02 Å². The summed E-state index contributed by atoms with van der Waals surface area (Å²) in [5, 5.41) is 3.92. The fraction of sp³-hybridized carbons (Fsp3) is 0.381. The minimum absolute atomic E-state index is 0.0415. The van der Waals surface area contributed by atoms with Gasteiger partial charge in [-0.2, -0.15) is 0 Å². The Kier molecular flexibility index (Phi) is 11.9. The van der Waals surface area contributed by atoms with Crippen molar-refractivity contribution in [3.63, 3.8) is 0 Å². The van der Waals surface area contributed by atoms with E-state index in [4.69, 9.17) is 16.6 Å². The summed E-state index contributed by atoms with van der Waals surface area (Å²) in [6.07, 6.45) is 9.87. The average Bonchev–Trinajstić information content (AvgIpc) is 3.38. The molecule has 2 aliphatic rings. The van der Waals surface area contributed by atoms with Crippen LogP contribution in [0, 0.1) is 12.8 Å². The molecule has 1 fully saturated rings. The number of rotatable bonds is 11. The molecule has 284 valence electrons. The predicted octanol–water partition coefficient (Wildman–Crippen LogP) is 7.89. The summed E-state index contributed by atoms with van der Waals surface area (Å²) in [6.45, 7) is 6.98. The van der Waals surface area contributed by atoms with Crippen LogP contribution in [0.25, 0.3) is 16.6 Å². The van der Waals surface area contributed by atoms with Crippen LogP contribution < -0.4 is 5.32 Å². The number of pyridine rings is 2. The van der Waals surface area contributed by atoms with Gasteiger partial charge in [0.25, 0.3) is 0 Å². The number of sulfonamides is 1. The number of aryl methyl sites for hydroxylation is 3. The molecule has 12 heteroatoms. The molecule has 1 saturated heterocycles. The van der Waals surface area contributed by atoms with Crippen molar-refractivity contribution in [1.29, 1.82) is 0 Å². The molecular formula is C42H48ClIN6O3S. The molecule has 0 unspecified atom stereocenters. The molecule has 54 heavy (non-hydrogen) atoms. The molecule has 1 atom stereocenters. The Hall–Kier alpha value is -3.65. The number of carbonyl (C=O) groups is 1. The number of fused-ring (bicyclic) bond motifs is 3. The van der Waals surface area contributed by atoms with Gasteiger partial charge in [0, 0.05) is 6.20 Å². The first-order valence-corrected chi connectivity index (χ1v) is 25.0. The number of allylic oxidation sites excluding steroid dienone is 1. The van der Waals surface area contributed by atoms with Gasteiger partial charge < -0.3 is 4.57 Å². The van der Waals surface area contributed by atoms with Gasteiger partial charge in [0.05, 0.1) is 11.7 Å². The van der Waals surface area contributed by atoms with Crippen molar-refractivity contribution in [3.05, 3.63) is 124 Å². The van der Waals surface area contributed by atoms with Crippen molar-refractivity contribution in [1.82, 2.24) is 29.1 Å². The fourth-order valence-corrected chi connectivity index (χ4v) is 14.6. The van der Waals surface area contributed by atoms with Gasteiger partial charge in [0.15, 0.2) is 0 Å². The van der Waals surface area contributed by atoms with Crippen LogP contribution in [0.4, 0.5) is 0 Å². The van der Waals surface area contributed by atoms with Gasteiger partial charge in [0.1, 0.15) is 11.3 Å². The summed E-state index contributed by atoms with van der Waals surface area (Å²) >= 11 is 4.88. The summed E-state index contributed by atoms with van der Waals surface area (Å²) in [5.41, 5.74) is 10.4. The third-order valence-corrected chi connectivity index (χ3v) is 18.7. The molecule has 0 bridgehead atoms. The monoisotopic (exact) mass is 878 g/mol. The van der Waals surface area contributed by atoms with E-state index in [1.807, 2.05) is 43.5 Å². The molecule has 1 N–H and O–H groups in total. The molecule has 0 saturated carbocycles. The van der Waals surface area contributed by atoms with Crippen LogP contribution in [-0.4, -0.2) is 71.1 Å².